The minimum atomic E-state index is -0.548. The van der Waals surface area contributed by atoms with Gasteiger partial charge in [0.1, 0.15) is 0 Å². The predicted octanol–water partition coefficient (Wildman–Crippen LogP) is 3.74. The van der Waals surface area contributed by atoms with Crippen molar-refractivity contribution in [3.05, 3.63) is 89.2 Å². The number of carbonyl (C=O) groups is 1. The van der Waals surface area contributed by atoms with Crippen molar-refractivity contribution in [3.63, 3.8) is 0 Å². The van der Waals surface area contributed by atoms with E-state index in [-0.39, 0.29) is 11.5 Å². The van der Waals surface area contributed by atoms with Crippen LogP contribution in [-0.2, 0) is 0 Å². The van der Waals surface area contributed by atoms with Crippen LogP contribution in [0, 0.1) is 0 Å². The van der Waals surface area contributed by atoms with Crippen LogP contribution in [0.15, 0.2) is 87.4 Å². The minimum Gasteiger partial charge on any atom is -0.408 e. The van der Waals surface area contributed by atoms with Gasteiger partial charge in [-0.1, -0.05) is 30.0 Å². The van der Waals surface area contributed by atoms with Gasteiger partial charge in [0.05, 0.1) is 11.3 Å². The zero-order valence-corrected chi connectivity index (χ0v) is 16.9. The number of aromatic amines is 1. The first-order valence-corrected chi connectivity index (χ1v) is 10.4. The molecule has 0 aliphatic rings. The summed E-state index contributed by atoms with van der Waals surface area (Å²) in [6.07, 6.45) is 3.40. The van der Waals surface area contributed by atoms with Gasteiger partial charge in [0.2, 0.25) is 0 Å². The van der Waals surface area contributed by atoms with Crippen LogP contribution in [0.4, 0.5) is 0 Å². The Bertz CT molecular complexity index is 1420. The average molecular weight is 429 g/mol. The van der Waals surface area contributed by atoms with E-state index in [1.165, 1.54) is 11.8 Å². The molecule has 0 saturated heterocycles. The molecule has 8 nitrogen and oxygen atoms in total. The molecule has 3 heterocycles. The molecule has 9 heteroatoms. The lowest BCUT2D eigenvalue weighted by atomic mass is 10.1. The van der Waals surface area contributed by atoms with Gasteiger partial charge in [-0.05, 0) is 42.5 Å². The molecule has 1 N–H and O–H groups in total. The van der Waals surface area contributed by atoms with Crippen LogP contribution in [0.5, 0.6) is 0 Å². The summed E-state index contributed by atoms with van der Waals surface area (Å²) in [5.74, 6) is 0.165. The zero-order valence-electron chi connectivity index (χ0n) is 16.1. The fourth-order valence-electron chi connectivity index (χ4n) is 3.19. The Kier molecular flexibility index (Phi) is 4.93. The molecule has 31 heavy (non-hydrogen) atoms. The minimum absolute atomic E-state index is 0.108. The number of ketones is 1. The Morgan fingerprint density at radius 1 is 1.03 bits per heavy atom. The molecule has 0 spiro atoms. The third-order valence-electron chi connectivity index (χ3n) is 4.66. The number of carbonyl (C=O) groups excluding carboxylic acids is 1. The number of nitrogens with zero attached hydrogens (tertiary/aromatic N) is 4. The third kappa shape index (κ3) is 3.78. The molecule has 0 amide bonds. The number of nitrogens with one attached hydrogen (secondary N) is 1. The van der Waals surface area contributed by atoms with Crippen molar-refractivity contribution in [2.75, 3.05) is 5.75 Å². The van der Waals surface area contributed by atoms with E-state index in [0.717, 1.165) is 11.3 Å². The second kappa shape index (κ2) is 8.04. The molecule has 0 fully saturated rings. The number of para-hydroxylation sites is 1. The highest BCUT2D eigenvalue weighted by atomic mass is 32.2. The quantitative estimate of drug-likeness (QED) is 0.324. The first-order valence-electron chi connectivity index (χ1n) is 9.39. The maximum atomic E-state index is 12.8. The SMILES string of the molecule is O=C(CSc1nnc(-c2ccncc2)n1-c1ccccc1)c1ccc2[nH]c(=O)oc2c1. The van der Waals surface area contributed by atoms with Crippen molar-refractivity contribution < 1.29 is 9.21 Å². The largest absolute Gasteiger partial charge is 0.417 e. The van der Waals surface area contributed by atoms with Crippen molar-refractivity contribution in [3.8, 4) is 17.1 Å². The monoisotopic (exact) mass is 429 g/mol. The van der Waals surface area contributed by atoms with Gasteiger partial charge in [0, 0.05) is 29.2 Å². The van der Waals surface area contributed by atoms with Crippen molar-refractivity contribution in [1.29, 1.82) is 0 Å². The third-order valence-corrected chi connectivity index (χ3v) is 5.59. The van der Waals surface area contributed by atoms with Gasteiger partial charge in [-0.2, -0.15) is 0 Å². The highest BCUT2D eigenvalue weighted by molar-refractivity contribution is 7.99. The summed E-state index contributed by atoms with van der Waals surface area (Å²) in [4.78, 5) is 30.7. The van der Waals surface area contributed by atoms with Crippen molar-refractivity contribution >= 4 is 28.6 Å². The molecule has 5 aromatic rings. The molecule has 0 radical (unpaired) electrons. The van der Waals surface area contributed by atoms with E-state index in [9.17, 15) is 9.59 Å². The molecule has 152 valence electrons. The lowest BCUT2D eigenvalue weighted by molar-refractivity contribution is 0.102. The summed E-state index contributed by atoms with van der Waals surface area (Å²) in [6.45, 7) is 0. The van der Waals surface area contributed by atoms with Gasteiger partial charge in [0.15, 0.2) is 22.3 Å². The molecular formula is C22H15N5O3S. The Morgan fingerprint density at radius 3 is 2.65 bits per heavy atom. The number of aromatic nitrogens is 5. The summed E-state index contributed by atoms with van der Waals surface area (Å²) in [5.41, 5.74) is 3.14. The summed E-state index contributed by atoms with van der Waals surface area (Å²) in [7, 11) is 0. The van der Waals surface area contributed by atoms with Gasteiger partial charge >= 0.3 is 5.76 Å². The molecule has 0 unspecified atom stereocenters. The van der Waals surface area contributed by atoms with Crippen LogP contribution in [-0.4, -0.2) is 36.3 Å². The summed E-state index contributed by atoms with van der Waals surface area (Å²) in [5, 5.41) is 9.28. The maximum Gasteiger partial charge on any atom is 0.417 e. The Labute approximate surface area is 180 Å². The van der Waals surface area contributed by atoms with E-state index >= 15 is 0 Å². The lowest BCUT2D eigenvalue weighted by Crippen LogP contribution is -2.05. The van der Waals surface area contributed by atoms with Crippen LogP contribution in [0.3, 0.4) is 0 Å². The number of hydrogen-bond donors (Lipinski definition) is 1. The number of hydrogen-bond acceptors (Lipinski definition) is 7. The molecule has 0 saturated carbocycles. The Morgan fingerprint density at radius 2 is 1.84 bits per heavy atom. The summed E-state index contributed by atoms with van der Waals surface area (Å²) >= 11 is 1.29. The number of Topliss-reactive ketones (excluding diaryl/α,β-unsaturated/α-hetero) is 1. The van der Waals surface area contributed by atoms with Crippen LogP contribution in [0.1, 0.15) is 10.4 Å². The van der Waals surface area contributed by atoms with Crippen LogP contribution >= 0.6 is 11.8 Å². The van der Waals surface area contributed by atoms with E-state index in [1.807, 2.05) is 47.0 Å². The molecule has 3 aromatic heterocycles. The normalized spacial score (nSPS) is 11.1. The fraction of sp³-hybridized carbons (Fsp3) is 0.0455. The highest BCUT2D eigenvalue weighted by Crippen LogP contribution is 2.28. The highest BCUT2D eigenvalue weighted by Gasteiger charge is 2.18. The number of benzene rings is 2. The molecule has 0 aliphatic heterocycles. The topological polar surface area (TPSA) is 107 Å². The van der Waals surface area contributed by atoms with Gasteiger partial charge in [0.25, 0.3) is 0 Å². The number of H-pyrrole nitrogens is 1. The zero-order chi connectivity index (χ0) is 21.2. The second-order valence-corrected chi connectivity index (χ2v) is 7.59. The van der Waals surface area contributed by atoms with Gasteiger partial charge in [-0.25, -0.2) is 4.79 Å². The number of pyridine rings is 1. The first-order chi connectivity index (χ1) is 15.2. The van der Waals surface area contributed by atoms with Crippen LogP contribution < -0.4 is 5.76 Å². The number of thioether (sulfide) groups is 1. The van der Waals surface area contributed by atoms with E-state index in [0.29, 0.717) is 27.6 Å². The van der Waals surface area contributed by atoms with Crippen molar-refractivity contribution in [2.45, 2.75) is 5.16 Å². The van der Waals surface area contributed by atoms with E-state index in [4.69, 9.17) is 4.42 Å². The maximum absolute atomic E-state index is 12.8. The van der Waals surface area contributed by atoms with Crippen molar-refractivity contribution in [2.24, 2.45) is 0 Å². The van der Waals surface area contributed by atoms with E-state index < -0.39 is 5.76 Å². The predicted molar refractivity (Wildman–Crippen MR) is 116 cm³/mol. The standard InChI is InChI=1S/C22H15N5O3S/c28-18(15-6-7-17-19(12-15)30-22(29)24-17)13-31-21-26-25-20(14-8-10-23-11-9-14)27(21)16-4-2-1-3-5-16/h1-12H,13H2,(H,24,29). The second-order valence-electron chi connectivity index (χ2n) is 6.65. The number of oxazole rings is 1. The number of rotatable bonds is 6. The number of fused-ring (bicyclic) bond motifs is 1. The molecule has 0 bridgehead atoms. The Balaban J connectivity index is 1.45. The smallest absolute Gasteiger partial charge is 0.408 e. The molecule has 0 aliphatic carbocycles. The summed E-state index contributed by atoms with van der Waals surface area (Å²) < 4.78 is 6.97. The van der Waals surface area contributed by atoms with Crippen LogP contribution in [0.25, 0.3) is 28.2 Å². The van der Waals surface area contributed by atoms with E-state index in [1.54, 1.807) is 30.6 Å². The molecule has 0 atom stereocenters. The van der Waals surface area contributed by atoms with E-state index in [2.05, 4.69) is 20.2 Å². The Hall–Kier alpha value is -3.98. The summed E-state index contributed by atoms with van der Waals surface area (Å²) in [6, 6.07) is 18.4. The first kappa shape index (κ1) is 19.0. The molecule has 5 rings (SSSR count). The molecule has 2 aromatic carbocycles. The molecular weight excluding hydrogens is 414 g/mol. The lowest BCUT2D eigenvalue weighted by Gasteiger charge is -2.10. The van der Waals surface area contributed by atoms with Gasteiger partial charge in [-0.15, -0.1) is 10.2 Å². The van der Waals surface area contributed by atoms with Gasteiger partial charge < -0.3 is 4.42 Å². The van der Waals surface area contributed by atoms with Gasteiger partial charge in [-0.3, -0.25) is 19.3 Å². The fourth-order valence-corrected chi connectivity index (χ4v) is 4.04. The average Bonchev–Trinajstić information content (AvgIpc) is 3.40. The van der Waals surface area contributed by atoms with Crippen LogP contribution in [0.2, 0.25) is 0 Å². The van der Waals surface area contributed by atoms with Crippen molar-refractivity contribution in [1.82, 2.24) is 24.7 Å².